The zero-order chi connectivity index (χ0) is 10.1. The molecule has 0 amide bonds. The van der Waals surface area contributed by atoms with Crippen molar-refractivity contribution >= 4 is 10.9 Å². The largest absolute Gasteiger partial charge is 0.496 e. The van der Waals surface area contributed by atoms with Gasteiger partial charge in [0.25, 0.3) is 0 Å². The lowest BCUT2D eigenvalue weighted by atomic mass is 10.2. The zero-order valence-corrected chi connectivity index (χ0v) is 7.47. The lowest BCUT2D eigenvalue weighted by Gasteiger charge is -2.00. The molecule has 0 aliphatic heterocycles. The van der Waals surface area contributed by atoms with Crippen LogP contribution in [-0.4, -0.2) is 12.1 Å². The van der Waals surface area contributed by atoms with Crippen LogP contribution in [0.3, 0.4) is 0 Å². The summed E-state index contributed by atoms with van der Waals surface area (Å²) in [7, 11) is 1.47. The SMILES string of the molecule is COc1cc(F)cc2[nH]c(C#N)cc12. The third-order valence-corrected chi connectivity index (χ3v) is 2.01. The third kappa shape index (κ3) is 1.19. The van der Waals surface area contributed by atoms with Crippen LogP contribution in [-0.2, 0) is 0 Å². The quantitative estimate of drug-likeness (QED) is 0.749. The van der Waals surface area contributed by atoms with Crippen molar-refractivity contribution in [1.82, 2.24) is 4.98 Å². The van der Waals surface area contributed by atoms with Gasteiger partial charge in [0.2, 0.25) is 0 Å². The van der Waals surface area contributed by atoms with E-state index >= 15 is 0 Å². The lowest BCUT2D eigenvalue weighted by Crippen LogP contribution is -1.84. The molecule has 2 aromatic rings. The van der Waals surface area contributed by atoms with E-state index in [1.807, 2.05) is 6.07 Å². The first kappa shape index (κ1) is 8.57. The average molecular weight is 190 g/mol. The second-order valence-electron chi connectivity index (χ2n) is 2.86. The Morgan fingerprint density at radius 1 is 1.43 bits per heavy atom. The van der Waals surface area contributed by atoms with E-state index in [2.05, 4.69) is 4.98 Å². The maximum atomic E-state index is 13.0. The van der Waals surface area contributed by atoms with E-state index in [4.69, 9.17) is 10.00 Å². The second-order valence-corrected chi connectivity index (χ2v) is 2.86. The molecule has 1 heterocycles. The first-order valence-corrected chi connectivity index (χ1v) is 4.01. The summed E-state index contributed by atoms with van der Waals surface area (Å²) in [6, 6.07) is 6.21. The van der Waals surface area contributed by atoms with Gasteiger partial charge in [-0.05, 0) is 12.1 Å². The van der Waals surface area contributed by atoms with E-state index in [1.54, 1.807) is 6.07 Å². The molecule has 70 valence electrons. The van der Waals surface area contributed by atoms with Crippen LogP contribution in [0.5, 0.6) is 5.75 Å². The summed E-state index contributed by atoms with van der Waals surface area (Å²) < 4.78 is 18.0. The van der Waals surface area contributed by atoms with Crippen LogP contribution in [0, 0.1) is 17.1 Å². The molecule has 0 saturated carbocycles. The van der Waals surface area contributed by atoms with Crippen molar-refractivity contribution in [3.05, 3.63) is 29.7 Å². The number of hydrogen-bond donors (Lipinski definition) is 1. The summed E-state index contributed by atoms with van der Waals surface area (Å²) >= 11 is 0. The van der Waals surface area contributed by atoms with Crippen molar-refractivity contribution in [2.75, 3.05) is 7.11 Å². The van der Waals surface area contributed by atoms with Crippen molar-refractivity contribution < 1.29 is 9.13 Å². The molecule has 1 aromatic carbocycles. The van der Waals surface area contributed by atoms with Gasteiger partial charge in [-0.25, -0.2) is 4.39 Å². The highest BCUT2D eigenvalue weighted by Crippen LogP contribution is 2.27. The minimum absolute atomic E-state index is 0.388. The van der Waals surface area contributed by atoms with E-state index in [9.17, 15) is 4.39 Å². The van der Waals surface area contributed by atoms with Crippen molar-refractivity contribution in [3.8, 4) is 11.8 Å². The summed E-state index contributed by atoms with van der Waals surface area (Å²) in [4.78, 5) is 2.78. The van der Waals surface area contributed by atoms with Gasteiger partial charge >= 0.3 is 0 Å². The molecule has 2 rings (SSSR count). The minimum atomic E-state index is -0.388. The number of aromatic amines is 1. The van der Waals surface area contributed by atoms with E-state index in [0.29, 0.717) is 22.3 Å². The first-order chi connectivity index (χ1) is 6.74. The topological polar surface area (TPSA) is 48.8 Å². The smallest absolute Gasteiger partial charge is 0.131 e. The predicted molar refractivity (Wildman–Crippen MR) is 49.5 cm³/mol. The Bertz CT molecular complexity index is 525. The highest BCUT2D eigenvalue weighted by atomic mass is 19.1. The molecule has 0 aliphatic carbocycles. The molecule has 3 nitrogen and oxygen atoms in total. The number of H-pyrrole nitrogens is 1. The first-order valence-electron chi connectivity index (χ1n) is 4.01. The summed E-state index contributed by atoms with van der Waals surface area (Å²) in [5.41, 5.74) is 0.960. The predicted octanol–water partition coefficient (Wildman–Crippen LogP) is 2.19. The Morgan fingerprint density at radius 2 is 2.21 bits per heavy atom. The monoisotopic (exact) mass is 190 g/mol. The van der Waals surface area contributed by atoms with Crippen LogP contribution < -0.4 is 4.74 Å². The number of rotatable bonds is 1. The highest BCUT2D eigenvalue weighted by Gasteiger charge is 2.07. The number of methoxy groups -OCH3 is 1. The van der Waals surface area contributed by atoms with Gasteiger partial charge in [-0.15, -0.1) is 0 Å². The van der Waals surface area contributed by atoms with Gasteiger partial charge in [-0.2, -0.15) is 5.26 Å². The van der Waals surface area contributed by atoms with Gasteiger partial charge in [-0.1, -0.05) is 0 Å². The Labute approximate surface area is 79.7 Å². The van der Waals surface area contributed by atoms with Gasteiger partial charge in [0.05, 0.1) is 12.6 Å². The Balaban J connectivity index is 2.79. The Kier molecular flexibility index (Phi) is 1.86. The van der Waals surface area contributed by atoms with E-state index < -0.39 is 0 Å². The van der Waals surface area contributed by atoms with Crippen molar-refractivity contribution in [2.24, 2.45) is 0 Å². The average Bonchev–Trinajstić information content (AvgIpc) is 2.59. The normalized spacial score (nSPS) is 10.1. The molecule has 0 aliphatic rings. The number of ether oxygens (including phenoxy) is 1. The second kappa shape index (κ2) is 3.04. The molecule has 0 spiro atoms. The molecular weight excluding hydrogens is 183 g/mol. The number of nitrogens with one attached hydrogen (secondary N) is 1. The minimum Gasteiger partial charge on any atom is -0.496 e. The summed E-state index contributed by atoms with van der Waals surface area (Å²) in [5.74, 6) is 0.0402. The van der Waals surface area contributed by atoms with E-state index in [1.165, 1.54) is 19.2 Å². The Hall–Kier alpha value is -2.02. The van der Waals surface area contributed by atoms with Crippen LogP contribution >= 0.6 is 0 Å². The van der Waals surface area contributed by atoms with Gasteiger partial charge < -0.3 is 9.72 Å². The number of benzene rings is 1. The molecule has 1 N–H and O–H groups in total. The number of hydrogen-bond acceptors (Lipinski definition) is 2. The third-order valence-electron chi connectivity index (χ3n) is 2.01. The van der Waals surface area contributed by atoms with Crippen LogP contribution in [0.15, 0.2) is 18.2 Å². The van der Waals surface area contributed by atoms with Crippen molar-refractivity contribution in [1.29, 1.82) is 5.26 Å². The molecule has 14 heavy (non-hydrogen) atoms. The maximum absolute atomic E-state index is 13.0. The molecule has 0 bridgehead atoms. The van der Waals surface area contributed by atoms with Crippen molar-refractivity contribution in [3.63, 3.8) is 0 Å². The molecule has 1 aromatic heterocycles. The fourth-order valence-electron chi connectivity index (χ4n) is 1.40. The number of nitrogens with zero attached hydrogens (tertiary/aromatic N) is 1. The van der Waals surface area contributed by atoms with Crippen LogP contribution in [0.2, 0.25) is 0 Å². The van der Waals surface area contributed by atoms with E-state index in [0.717, 1.165) is 0 Å². The molecule has 0 fully saturated rings. The van der Waals surface area contributed by atoms with Crippen LogP contribution in [0.4, 0.5) is 4.39 Å². The summed E-state index contributed by atoms with van der Waals surface area (Å²) in [5, 5.41) is 9.37. The molecule has 0 saturated heterocycles. The summed E-state index contributed by atoms with van der Waals surface area (Å²) in [6.45, 7) is 0. The maximum Gasteiger partial charge on any atom is 0.131 e. The fraction of sp³-hybridized carbons (Fsp3) is 0.100. The molecule has 4 heteroatoms. The molecule has 0 unspecified atom stereocenters. The zero-order valence-electron chi connectivity index (χ0n) is 7.47. The van der Waals surface area contributed by atoms with Gasteiger partial charge in [0.15, 0.2) is 0 Å². The lowest BCUT2D eigenvalue weighted by molar-refractivity contribution is 0.416. The van der Waals surface area contributed by atoms with Crippen molar-refractivity contribution in [2.45, 2.75) is 0 Å². The standard InChI is InChI=1S/C10H7FN2O/c1-14-10-3-6(11)2-9-8(10)4-7(5-12)13-9/h2-4,13H,1H3. The summed E-state index contributed by atoms with van der Waals surface area (Å²) in [6.07, 6.45) is 0. The number of halogens is 1. The number of fused-ring (bicyclic) bond motifs is 1. The fourth-order valence-corrected chi connectivity index (χ4v) is 1.40. The molecule has 0 atom stereocenters. The van der Waals surface area contributed by atoms with Gasteiger partial charge in [0.1, 0.15) is 23.3 Å². The Morgan fingerprint density at radius 3 is 2.86 bits per heavy atom. The van der Waals surface area contributed by atoms with E-state index in [-0.39, 0.29) is 5.82 Å². The molecule has 0 radical (unpaired) electrons. The van der Waals surface area contributed by atoms with Gasteiger partial charge in [-0.3, -0.25) is 0 Å². The molecular formula is C10H7FN2O. The van der Waals surface area contributed by atoms with Gasteiger partial charge in [0, 0.05) is 11.5 Å². The number of aromatic nitrogens is 1. The highest BCUT2D eigenvalue weighted by molar-refractivity contribution is 5.87. The number of nitriles is 1. The van der Waals surface area contributed by atoms with Crippen LogP contribution in [0.25, 0.3) is 10.9 Å². The van der Waals surface area contributed by atoms with Crippen LogP contribution in [0.1, 0.15) is 5.69 Å².